The van der Waals surface area contributed by atoms with Crippen LogP contribution in [-0.2, 0) is 6.42 Å². The second kappa shape index (κ2) is 5.28. The zero-order valence-corrected chi connectivity index (χ0v) is 11.6. The van der Waals surface area contributed by atoms with E-state index in [1.807, 2.05) is 19.1 Å². The molecule has 0 unspecified atom stereocenters. The smallest absolute Gasteiger partial charge is 0.276 e. The summed E-state index contributed by atoms with van der Waals surface area (Å²) in [5.41, 5.74) is 2.25. The summed E-state index contributed by atoms with van der Waals surface area (Å²) in [5.74, 6) is 0.762. The van der Waals surface area contributed by atoms with Gasteiger partial charge in [-0.3, -0.25) is 9.89 Å². The first kappa shape index (κ1) is 13.2. The van der Waals surface area contributed by atoms with Crippen LogP contribution in [0.5, 0.6) is 5.75 Å². The van der Waals surface area contributed by atoms with Crippen molar-refractivity contribution in [2.75, 3.05) is 0 Å². The van der Waals surface area contributed by atoms with Crippen molar-refractivity contribution < 1.29 is 5.11 Å². The van der Waals surface area contributed by atoms with Crippen molar-refractivity contribution >= 4 is 0 Å². The molecule has 2 aromatic heterocycles. The van der Waals surface area contributed by atoms with Crippen LogP contribution in [0.2, 0.25) is 0 Å². The number of phenols is 1. The van der Waals surface area contributed by atoms with Gasteiger partial charge in [0, 0.05) is 23.9 Å². The Bertz CT molecular complexity index is 819. The van der Waals surface area contributed by atoms with Crippen molar-refractivity contribution in [3.63, 3.8) is 0 Å². The maximum atomic E-state index is 12.5. The van der Waals surface area contributed by atoms with Crippen LogP contribution in [0, 0.1) is 6.92 Å². The number of aromatic amines is 1. The lowest BCUT2D eigenvalue weighted by Crippen LogP contribution is -2.18. The molecule has 2 N–H and O–H groups in total. The predicted octanol–water partition coefficient (Wildman–Crippen LogP) is 2.17. The molecule has 3 rings (SSSR count). The molecule has 0 amide bonds. The Morgan fingerprint density at radius 1 is 1.24 bits per heavy atom. The molecule has 0 saturated heterocycles. The minimum absolute atomic E-state index is 0.116. The highest BCUT2D eigenvalue weighted by molar-refractivity contribution is 5.34. The van der Waals surface area contributed by atoms with Crippen LogP contribution in [0.15, 0.2) is 53.5 Å². The lowest BCUT2D eigenvalue weighted by molar-refractivity contribution is 0.474. The number of nitrogens with zero attached hydrogens (tertiary/aromatic N) is 2. The van der Waals surface area contributed by atoms with Crippen LogP contribution in [0.25, 0.3) is 5.82 Å². The third-order valence-corrected chi connectivity index (χ3v) is 3.36. The van der Waals surface area contributed by atoms with E-state index in [1.54, 1.807) is 36.5 Å². The van der Waals surface area contributed by atoms with Gasteiger partial charge in [-0.25, -0.2) is 9.67 Å². The molecular weight excluding hydrogens is 266 g/mol. The van der Waals surface area contributed by atoms with Gasteiger partial charge in [-0.05, 0) is 36.8 Å². The van der Waals surface area contributed by atoms with E-state index >= 15 is 0 Å². The number of hydrogen-bond acceptors (Lipinski definition) is 3. The Morgan fingerprint density at radius 2 is 2.10 bits per heavy atom. The summed E-state index contributed by atoms with van der Waals surface area (Å²) < 4.78 is 1.44. The van der Waals surface area contributed by atoms with Crippen molar-refractivity contribution in [1.82, 2.24) is 14.8 Å². The average molecular weight is 281 g/mol. The van der Waals surface area contributed by atoms with Crippen molar-refractivity contribution in [2.24, 2.45) is 0 Å². The fourth-order valence-electron chi connectivity index (χ4n) is 2.31. The molecule has 5 nitrogen and oxygen atoms in total. The highest BCUT2D eigenvalue weighted by Crippen LogP contribution is 2.15. The van der Waals surface area contributed by atoms with E-state index in [2.05, 4.69) is 10.1 Å². The number of pyridine rings is 1. The van der Waals surface area contributed by atoms with Crippen LogP contribution in [-0.4, -0.2) is 19.9 Å². The number of aryl methyl sites for hydroxylation is 1. The summed E-state index contributed by atoms with van der Waals surface area (Å²) in [6.45, 7) is 1.86. The highest BCUT2D eigenvalue weighted by Gasteiger charge is 2.13. The summed E-state index contributed by atoms with van der Waals surface area (Å²) in [5, 5.41) is 12.6. The number of hydrogen-bond donors (Lipinski definition) is 2. The van der Waals surface area contributed by atoms with Gasteiger partial charge in [0.1, 0.15) is 5.75 Å². The number of nitrogens with one attached hydrogen (secondary N) is 1. The van der Waals surface area contributed by atoms with E-state index < -0.39 is 0 Å². The molecule has 0 fully saturated rings. The Morgan fingerprint density at radius 3 is 2.81 bits per heavy atom. The lowest BCUT2D eigenvalue weighted by Gasteiger charge is -2.00. The third-order valence-electron chi connectivity index (χ3n) is 3.36. The number of phenolic OH excluding ortho intramolecular Hbond substituents is 1. The van der Waals surface area contributed by atoms with E-state index in [0.29, 0.717) is 17.8 Å². The van der Waals surface area contributed by atoms with Gasteiger partial charge in [0.05, 0.1) is 0 Å². The molecule has 0 aliphatic carbocycles. The molecule has 0 saturated carbocycles. The van der Waals surface area contributed by atoms with E-state index in [4.69, 9.17) is 0 Å². The van der Waals surface area contributed by atoms with Gasteiger partial charge in [-0.15, -0.1) is 0 Å². The van der Waals surface area contributed by atoms with Gasteiger partial charge >= 0.3 is 0 Å². The number of aromatic hydroxyl groups is 1. The summed E-state index contributed by atoms with van der Waals surface area (Å²) in [6, 6.07) is 12.3. The summed E-state index contributed by atoms with van der Waals surface area (Å²) in [6.07, 6.45) is 2.11. The van der Waals surface area contributed by atoms with Gasteiger partial charge in [0.25, 0.3) is 5.56 Å². The number of aromatic nitrogens is 3. The van der Waals surface area contributed by atoms with Crippen LogP contribution >= 0.6 is 0 Å². The van der Waals surface area contributed by atoms with Crippen molar-refractivity contribution in [3.8, 4) is 11.6 Å². The maximum Gasteiger partial charge on any atom is 0.276 e. The highest BCUT2D eigenvalue weighted by atomic mass is 16.3. The number of benzene rings is 1. The molecular formula is C16H15N3O2. The van der Waals surface area contributed by atoms with Crippen molar-refractivity contribution in [1.29, 1.82) is 0 Å². The fourth-order valence-corrected chi connectivity index (χ4v) is 2.31. The van der Waals surface area contributed by atoms with E-state index in [0.717, 1.165) is 11.3 Å². The van der Waals surface area contributed by atoms with E-state index in [9.17, 15) is 9.90 Å². The number of rotatable bonds is 3. The summed E-state index contributed by atoms with van der Waals surface area (Å²) in [4.78, 5) is 16.7. The summed E-state index contributed by atoms with van der Waals surface area (Å²) >= 11 is 0. The molecule has 0 aliphatic rings. The van der Waals surface area contributed by atoms with Crippen molar-refractivity contribution in [3.05, 3.63) is 75.8 Å². The molecule has 0 aliphatic heterocycles. The maximum absolute atomic E-state index is 12.5. The first-order valence-electron chi connectivity index (χ1n) is 6.65. The largest absolute Gasteiger partial charge is 0.508 e. The van der Waals surface area contributed by atoms with Gasteiger partial charge in [-0.2, -0.15) is 0 Å². The van der Waals surface area contributed by atoms with Gasteiger partial charge < -0.3 is 5.11 Å². The minimum atomic E-state index is -0.116. The van der Waals surface area contributed by atoms with E-state index in [-0.39, 0.29) is 11.3 Å². The SMILES string of the molecule is Cc1[nH]n(-c2ccccn2)c(=O)c1Cc1cccc(O)c1. The normalized spacial score (nSPS) is 10.7. The van der Waals surface area contributed by atoms with Gasteiger partial charge in [0.15, 0.2) is 5.82 Å². The Balaban J connectivity index is 2.01. The molecule has 0 radical (unpaired) electrons. The molecule has 5 heteroatoms. The minimum Gasteiger partial charge on any atom is -0.508 e. The number of H-pyrrole nitrogens is 1. The molecule has 2 heterocycles. The lowest BCUT2D eigenvalue weighted by atomic mass is 10.1. The van der Waals surface area contributed by atoms with Crippen LogP contribution < -0.4 is 5.56 Å². The standard InChI is InChI=1S/C16H15N3O2/c1-11-14(10-12-5-4-6-13(20)9-12)16(21)19(18-11)15-7-2-3-8-17-15/h2-9,18,20H,10H2,1H3. The average Bonchev–Trinajstić information content (AvgIpc) is 2.76. The Labute approximate surface area is 121 Å². The Kier molecular flexibility index (Phi) is 3.31. The molecule has 0 spiro atoms. The molecule has 21 heavy (non-hydrogen) atoms. The van der Waals surface area contributed by atoms with E-state index in [1.165, 1.54) is 4.68 Å². The Hall–Kier alpha value is -2.82. The first-order chi connectivity index (χ1) is 10.1. The molecule has 3 aromatic rings. The van der Waals surface area contributed by atoms with Crippen LogP contribution in [0.1, 0.15) is 16.8 Å². The monoisotopic (exact) mass is 281 g/mol. The quantitative estimate of drug-likeness (QED) is 0.773. The summed E-state index contributed by atoms with van der Waals surface area (Å²) in [7, 11) is 0. The third kappa shape index (κ3) is 2.58. The zero-order chi connectivity index (χ0) is 14.8. The van der Waals surface area contributed by atoms with Crippen molar-refractivity contribution in [2.45, 2.75) is 13.3 Å². The zero-order valence-electron chi connectivity index (χ0n) is 11.6. The molecule has 106 valence electrons. The van der Waals surface area contributed by atoms with Crippen LogP contribution in [0.3, 0.4) is 0 Å². The first-order valence-corrected chi connectivity index (χ1v) is 6.65. The second-order valence-corrected chi connectivity index (χ2v) is 4.89. The molecule has 0 bridgehead atoms. The predicted molar refractivity (Wildman–Crippen MR) is 79.8 cm³/mol. The second-order valence-electron chi connectivity index (χ2n) is 4.89. The fraction of sp³-hybridized carbons (Fsp3) is 0.125. The van der Waals surface area contributed by atoms with Gasteiger partial charge in [-0.1, -0.05) is 18.2 Å². The molecule has 0 atom stereocenters. The van der Waals surface area contributed by atoms with Crippen LogP contribution in [0.4, 0.5) is 0 Å². The topological polar surface area (TPSA) is 70.9 Å². The molecule has 1 aromatic carbocycles. The van der Waals surface area contributed by atoms with Gasteiger partial charge in [0.2, 0.25) is 0 Å².